The Balaban J connectivity index is 1.93. The van der Waals surface area contributed by atoms with Crippen LogP contribution in [0, 0.1) is 0 Å². The molecule has 0 spiro atoms. The van der Waals surface area contributed by atoms with E-state index in [0.717, 1.165) is 16.5 Å². The van der Waals surface area contributed by atoms with Crippen molar-refractivity contribution < 1.29 is 9.21 Å². The summed E-state index contributed by atoms with van der Waals surface area (Å²) in [6.07, 6.45) is 1.62. The highest BCUT2D eigenvalue weighted by Crippen LogP contribution is 2.23. The number of thiazole rings is 1. The van der Waals surface area contributed by atoms with Crippen molar-refractivity contribution in [3.05, 3.63) is 29.5 Å². The van der Waals surface area contributed by atoms with Crippen molar-refractivity contribution in [2.75, 3.05) is 13.6 Å². The first kappa shape index (κ1) is 11.8. The van der Waals surface area contributed by atoms with Crippen LogP contribution in [-0.2, 0) is 11.3 Å². The number of carbonyl (C=O) groups excluding carboxylic acids is 1. The van der Waals surface area contributed by atoms with Gasteiger partial charge in [-0.25, -0.2) is 4.98 Å². The van der Waals surface area contributed by atoms with Crippen LogP contribution in [0.2, 0.25) is 0 Å². The second kappa shape index (κ2) is 5.60. The van der Waals surface area contributed by atoms with Crippen LogP contribution in [0.4, 0.5) is 0 Å². The lowest BCUT2D eigenvalue weighted by molar-refractivity contribution is -0.120. The van der Waals surface area contributed by atoms with Crippen LogP contribution < -0.4 is 10.6 Å². The van der Waals surface area contributed by atoms with E-state index in [1.807, 2.05) is 17.5 Å². The van der Waals surface area contributed by atoms with Gasteiger partial charge in [0.25, 0.3) is 0 Å². The minimum absolute atomic E-state index is 0.0416. The van der Waals surface area contributed by atoms with E-state index in [4.69, 9.17) is 4.42 Å². The van der Waals surface area contributed by atoms with Crippen LogP contribution in [0.1, 0.15) is 5.69 Å². The second-order valence-electron chi connectivity index (χ2n) is 3.43. The number of rotatable bonds is 5. The summed E-state index contributed by atoms with van der Waals surface area (Å²) in [6.45, 7) is 0.757. The van der Waals surface area contributed by atoms with Crippen LogP contribution >= 0.6 is 11.3 Å². The topological polar surface area (TPSA) is 67.2 Å². The lowest BCUT2D eigenvalue weighted by Gasteiger charge is -2.01. The zero-order valence-corrected chi connectivity index (χ0v) is 10.2. The summed E-state index contributed by atoms with van der Waals surface area (Å²) in [5.74, 6) is 0.711. The number of nitrogens with one attached hydrogen (secondary N) is 2. The molecule has 2 aromatic heterocycles. The number of amides is 1. The largest absolute Gasteiger partial charge is 0.462 e. The number of likely N-dealkylation sites (N-methyl/N-ethyl adjacent to an activating group) is 1. The van der Waals surface area contributed by atoms with Gasteiger partial charge in [0.2, 0.25) is 5.91 Å². The average molecular weight is 251 g/mol. The molecule has 0 aliphatic heterocycles. The van der Waals surface area contributed by atoms with E-state index < -0.39 is 0 Å². The Kier molecular flexibility index (Phi) is 3.89. The molecule has 0 aliphatic carbocycles. The molecule has 0 fully saturated rings. The molecule has 0 aliphatic rings. The van der Waals surface area contributed by atoms with Crippen LogP contribution in [-0.4, -0.2) is 24.5 Å². The maximum atomic E-state index is 11.2. The van der Waals surface area contributed by atoms with Gasteiger partial charge in [0, 0.05) is 5.38 Å². The Morgan fingerprint density at radius 1 is 1.59 bits per heavy atom. The van der Waals surface area contributed by atoms with E-state index in [9.17, 15) is 4.79 Å². The summed E-state index contributed by atoms with van der Waals surface area (Å²) in [4.78, 5) is 15.6. The SMILES string of the molecule is CNCC(=O)NCc1csc(-c2ccco2)n1. The molecule has 2 N–H and O–H groups in total. The molecule has 0 aromatic carbocycles. The Morgan fingerprint density at radius 3 is 3.18 bits per heavy atom. The summed E-state index contributed by atoms with van der Waals surface area (Å²) in [7, 11) is 1.73. The average Bonchev–Trinajstić information content (AvgIpc) is 2.97. The highest BCUT2D eigenvalue weighted by molar-refractivity contribution is 7.13. The lowest BCUT2D eigenvalue weighted by Crippen LogP contribution is -2.31. The molecule has 5 nitrogen and oxygen atoms in total. The monoisotopic (exact) mass is 251 g/mol. The third-order valence-corrected chi connectivity index (χ3v) is 2.99. The zero-order chi connectivity index (χ0) is 12.1. The number of aromatic nitrogens is 1. The maximum Gasteiger partial charge on any atom is 0.234 e. The van der Waals surface area contributed by atoms with Crippen molar-refractivity contribution in [1.82, 2.24) is 15.6 Å². The molecule has 0 radical (unpaired) electrons. The van der Waals surface area contributed by atoms with Gasteiger partial charge in [-0.05, 0) is 19.2 Å². The van der Waals surface area contributed by atoms with Gasteiger partial charge < -0.3 is 15.1 Å². The number of hydrogen-bond donors (Lipinski definition) is 2. The normalized spacial score (nSPS) is 10.4. The molecule has 90 valence electrons. The standard InChI is InChI=1S/C11H13N3O2S/c1-12-6-10(15)13-5-8-7-17-11(14-8)9-3-2-4-16-9/h2-4,7,12H,5-6H2,1H3,(H,13,15). The molecule has 0 saturated heterocycles. The third kappa shape index (κ3) is 3.15. The van der Waals surface area contributed by atoms with Gasteiger partial charge in [0.1, 0.15) is 0 Å². The van der Waals surface area contributed by atoms with Gasteiger partial charge >= 0.3 is 0 Å². The molecule has 0 atom stereocenters. The third-order valence-electron chi connectivity index (χ3n) is 2.09. The summed E-state index contributed by atoms with van der Waals surface area (Å²) >= 11 is 1.50. The highest BCUT2D eigenvalue weighted by Gasteiger charge is 2.07. The van der Waals surface area contributed by atoms with Gasteiger partial charge in [-0.3, -0.25) is 4.79 Å². The molecule has 0 unspecified atom stereocenters. The van der Waals surface area contributed by atoms with E-state index in [1.54, 1.807) is 13.3 Å². The Hall–Kier alpha value is -1.66. The molecule has 2 heterocycles. The molecule has 0 bridgehead atoms. The molecular weight excluding hydrogens is 238 g/mol. The van der Waals surface area contributed by atoms with Crippen molar-refractivity contribution in [3.63, 3.8) is 0 Å². The van der Waals surface area contributed by atoms with E-state index in [1.165, 1.54) is 11.3 Å². The first-order chi connectivity index (χ1) is 8.29. The Bertz CT molecular complexity index is 479. The molecular formula is C11H13N3O2S. The van der Waals surface area contributed by atoms with E-state index >= 15 is 0 Å². The summed E-state index contributed by atoms with van der Waals surface area (Å²) in [5, 5.41) is 8.30. The first-order valence-corrected chi connectivity index (χ1v) is 6.07. The Labute approximate surface area is 103 Å². The van der Waals surface area contributed by atoms with Crippen molar-refractivity contribution >= 4 is 17.2 Å². The molecule has 17 heavy (non-hydrogen) atoms. The van der Waals surface area contributed by atoms with E-state index in [-0.39, 0.29) is 5.91 Å². The van der Waals surface area contributed by atoms with E-state index in [0.29, 0.717) is 13.1 Å². The van der Waals surface area contributed by atoms with Crippen LogP contribution in [0.25, 0.3) is 10.8 Å². The quantitative estimate of drug-likeness (QED) is 0.839. The van der Waals surface area contributed by atoms with Gasteiger partial charge in [0.05, 0.1) is 25.0 Å². The maximum absolute atomic E-state index is 11.2. The minimum Gasteiger partial charge on any atom is -0.462 e. The smallest absolute Gasteiger partial charge is 0.234 e. The number of hydrogen-bond acceptors (Lipinski definition) is 5. The van der Waals surface area contributed by atoms with Crippen molar-refractivity contribution in [2.45, 2.75) is 6.54 Å². The van der Waals surface area contributed by atoms with Crippen LogP contribution in [0.3, 0.4) is 0 Å². The molecule has 0 saturated carbocycles. The molecule has 1 amide bonds. The van der Waals surface area contributed by atoms with Crippen LogP contribution in [0.5, 0.6) is 0 Å². The minimum atomic E-state index is -0.0416. The molecule has 6 heteroatoms. The first-order valence-electron chi connectivity index (χ1n) is 5.19. The second-order valence-corrected chi connectivity index (χ2v) is 4.29. The number of nitrogens with zero attached hydrogens (tertiary/aromatic N) is 1. The predicted molar refractivity (Wildman–Crippen MR) is 65.6 cm³/mol. The fraction of sp³-hybridized carbons (Fsp3) is 0.273. The lowest BCUT2D eigenvalue weighted by atomic mass is 10.4. The summed E-state index contributed by atoms with van der Waals surface area (Å²) in [5.41, 5.74) is 0.839. The summed E-state index contributed by atoms with van der Waals surface area (Å²) < 4.78 is 5.25. The molecule has 2 rings (SSSR count). The summed E-state index contributed by atoms with van der Waals surface area (Å²) in [6, 6.07) is 3.69. The number of furan rings is 1. The van der Waals surface area contributed by atoms with Gasteiger partial charge in [0.15, 0.2) is 10.8 Å². The Morgan fingerprint density at radius 2 is 2.47 bits per heavy atom. The zero-order valence-electron chi connectivity index (χ0n) is 9.40. The van der Waals surface area contributed by atoms with Crippen molar-refractivity contribution in [3.8, 4) is 10.8 Å². The number of carbonyl (C=O) groups is 1. The van der Waals surface area contributed by atoms with Crippen molar-refractivity contribution in [1.29, 1.82) is 0 Å². The predicted octanol–water partition coefficient (Wildman–Crippen LogP) is 1.24. The van der Waals surface area contributed by atoms with Gasteiger partial charge in [-0.1, -0.05) is 0 Å². The van der Waals surface area contributed by atoms with Gasteiger partial charge in [-0.15, -0.1) is 11.3 Å². The fourth-order valence-corrected chi connectivity index (χ4v) is 2.10. The van der Waals surface area contributed by atoms with Gasteiger partial charge in [-0.2, -0.15) is 0 Å². The fourth-order valence-electron chi connectivity index (χ4n) is 1.31. The van der Waals surface area contributed by atoms with Crippen LogP contribution in [0.15, 0.2) is 28.2 Å². The van der Waals surface area contributed by atoms with Crippen molar-refractivity contribution in [2.24, 2.45) is 0 Å². The highest BCUT2D eigenvalue weighted by atomic mass is 32.1. The molecule has 2 aromatic rings. The van der Waals surface area contributed by atoms with E-state index in [2.05, 4.69) is 15.6 Å².